The number of alkyl halides is 1. The lowest BCUT2D eigenvalue weighted by molar-refractivity contribution is -0.124. The highest BCUT2D eigenvalue weighted by Gasteiger charge is 2.24. The van der Waals surface area contributed by atoms with Gasteiger partial charge in [0.05, 0.1) is 6.67 Å². The molecule has 4 rings (SSSR count). The van der Waals surface area contributed by atoms with Crippen LogP contribution in [0.25, 0.3) is 22.5 Å². The predicted molar refractivity (Wildman–Crippen MR) is 162 cm³/mol. The van der Waals surface area contributed by atoms with Crippen molar-refractivity contribution in [1.82, 2.24) is 24.6 Å². The smallest absolute Gasteiger partial charge is 0.250 e. The van der Waals surface area contributed by atoms with Gasteiger partial charge in [0.25, 0.3) is 5.56 Å². The summed E-state index contributed by atoms with van der Waals surface area (Å²) in [5, 5.41) is 13.9. The maximum atomic E-state index is 13.5. The van der Waals surface area contributed by atoms with Crippen LogP contribution in [0.4, 0.5) is 10.1 Å². The number of aromatic nitrogens is 4. The molecule has 2 heterocycles. The van der Waals surface area contributed by atoms with Gasteiger partial charge in [-0.1, -0.05) is 24.2 Å². The number of benzene rings is 2. The van der Waals surface area contributed by atoms with Crippen LogP contribution in [0.2, 0.25) is 5.02 Å². The summed E-state index contributed by atoms with van der Waals surface area (Å²) in [7, 11) is 1.83. The number of rotatable bonds is 11. The van der Waals surface area contributed by atoms with E-state index >= 15 is 0 Å². The Bertz CT molecular complexity index is 1660. The van der Waals surface area contributed by atoms with E-state index in [9.17, 15) is 18.8 Å². The number of hydrogen-bond donors (Lipinski definition) is 2. The lowest BCUT2D eigenvalue weighted by atomic mass is 9.99. The second kappa shape index (κ2) is 13.4. The Balaban J connectivity index is 1.61. The van der Waals surface area contributed by atoms with Crippen LogP contribution in [-0.4, -0.2) is 43.9 Å². The molecule has 2 aromatic heterocycles. The molecule has 0 aliphatic rings. The third-order valence-corrected chi connectivity index (χ3v) is 7.13. The zero-order chi connectivity index (χ0) is 30.4. The molecule has 0 unspecified atom stereocenters. The fourth-order valence-electron chi connectivity index (χ4n) is 4.38. The zero-order valence-electron chi connectivity index (χ0n) is 23.6. The summed E-state index contributed by atoms with van der Waals surface area (Å²) in [6.45, 7) is 6.74. The van der Waals surface area contributed by atoms with Crippen molar-refractivity contribution in [3.63, 3.8) is 0 Å². The van der Waals surface area contributed by atoms with E-state index in [1.54, 1.807) is 58.1 Å². The zero-order valence-corrected chi connectivity index (χ0v) is 24.4. The van der Waals surface area contributed by atoms with Gasteiger partial charge in [-0.05, 0) is 73.0 Å². The van der Waals surface area contributed by atoms with E-state index in [1.165, 1.54) is 6.07 Å². The van der Waals surface area contributed by atoms with Crippen LogP contribution in [0.15, 0.2) is 84.1 Å². The number of anilines is 1. The lowest BCUT2D eigenvalue weighted by Gasteiger charge is -2.20. The molecule has 9 nitrogen and oxygen atoms in total. The van der Waals surface area contributed by atoms with Gasteiger partial charge < -0.3 is 19.8 Å². The van der Waals surface area contributed by atoms with E-state index in [-0.39, 0.29) is 30.0 Å². The van der Waals surface area contributed by atoms with Crippen molar-refractivity contribution in [2.75, 3.05) is 12.0 Å². The number of carbonyl (C=O) groups is 2. The highest BCUT2D eigenvalue weighted by Crippen LogP contribution is 2.27. The van der Waals surface area contributed by atoms with E-state index in [2.05, 4.69) is 27.4 Å². The predicted octanol–water partition coefficient (Wildman–Crippen LogP) is 5.13. The van der Waals surface area contributed by atoms with Gasteiger partial charge in [-0.15, -0.1) is 10.2 Å². The minimum Gasteiger partial charge on any atom is -0.340 e. The molecular weight excluding hydrogens is 559 g/mol. The van der Waals surface area contributed by atoms with Crippen LogP contribution in [0.5, 0.6) is 0 Å². The lowest BCUT2D eigenvalue weighted by Crippen LogP contribution is -2.45. The third-order valence-electron chi connectivity index (χ3n) is 6.76. The molecule has 2 amide bonds. The van der Waals surface area contributed by atoms with Crippen LogP contribution >= 0.6 is 11.6 Å². The molecule has 218 valence electrons. The molecule has 4 aromatic rings. The van der Waals surface area contributed by atoms with Crippen LogP contribution in [0, 0.1) is 0 Å². The Morgan fingerprint density at radius 2 is 1.74 bits per heavy atom. The standard InChI is InChI=1S/C31H32ClFN6O3/c1-19(2)39-17-23(8-12-28(39)40)22-7-11-26(32)24(15-22)16-27(36-30(41)20(3)13-14-33)31(42)35-25-9-5-21(6-10-25)29-37-34-18-38(29)4/h5-12,15,17-19,27H,3,13-14,16H2,1-2,4H3,(H,35,42)(H,36,41)/t27-/m0/s1. The van der Waals surface area contributed by atoms with Crippen molar-refractivity contribution in [2.45, 2.75) is 38.8 Å². The van der Waals surface area contributed by atoms with Crippen molar-refractivity contribution >= 4 is 29.1 Å². The maximum absolute atomic E-state index is 13.5. The van der Waals surface area contributed by atoms with E-state index in [4.69, 9.17) is 11.6 Å². The fourth-order valence-corrected chi connectivity index (χ4v) is 4.58. The Morgan fingerprint density at radius 1 is 1.05 bits per heavy atom. The summed E-state index contributed by atoms with van der Waals surface area (Å²) in [5.41, 5.74) is 3.42. The molecule has 0 fully saturated rings. The molecular formula is C31H32ClFN6O3. The average molecular weight is 591 g/mol. The van der Waals surface area contributed by atoms with E-state index < -0.39 is 24.5 Å². The van der Waals surface area contributed by atoms with E-state index in [0.717, 1.165) is 16.7 Å². The normalized spacial score (nSPS) is 11.8. The van der Waals surface area contributed by atoms with Gasteiger partial charge in [0.1, 0.15) is 12.4 Å². The molecule has 0 spiro atoms. The number of nitrogens with one attached hydrogen (secondary N) is 2. The van der Waals surface area contributed by atoms with E-state index in [0.29, 0.717) is 22.1 Å². The second-order valence-electron chi connectivity index (χ2n) is 10.2. The first-order valence-electron chi connectivity index (χ1n) is 13.4. The van der Waals surface area contributed by atoms with Crippen LogP contribution in [0.3, 0.4) is 0 Å². The number of halogens is 2. The van der Waals surface area contributed by atoms with Gasteiger partial charge in [0.15, 0.2) is 5.82 Å². The first-order valence-corrected chi connectivity index (χ1v) is 13.8. The van der Waals surface area contributed by atoms with Gasteiger partial charge >= 0.3 is 0 Å². The number of nitrogens with zero attached hydrogens (tertiary/aromatic N) is 4. The number of aryl methyl sites for hydroxylation is 1. The maximum Gasteiger partial charge on any atom is 0.250 e. The summed E-state index contributed by atoms with van der Waals surface area (Å²) in [5.74, 6) is -0.443. The minimum atomic E-state index is -1.05. The Morgan fingerprint density at radius 3 is 2.38 bits per heavy atom. The van der Waals surface area contributed by atoms with Crippen LogP contribution < -0.4 is 16.2 Å². The molecule has 11 heteroatoms. The fraction of sp³-hybridized carbons (Fsp3) is 0.258. The molecule has 0 aliphatic carbocycles. The topological polar surface area (TPSA) is 111 Å². The summed E-state index contributed by atoms with van der Waals surface area (Å²) < 4.78 is 16.3. The molecule has 42 heavy (non-hydrogen) atoms. The second-order valence-corrected chi connectivity index (χ2v) is 10.6. The highest BCUT2D eigenvalue weighted by molar-refractivity contribution is 6.31. The van der Waals surface area contributed by atoms with Gasteiger partial charge in [-0.3, -0.25) is 18.8 Å². The number of amides is 2. The summed E-state index contributed by atoms with van der Waals surface area (Å²) in [6, 6.07) is 14.6. The van der Waals surface area contributed by atoms with Gasteiger partial charge in [-0.25, -0.2) is 0 Å². The van der Waals surface area contributed by atoms with Crippen molar-refractivity contribution in [3.8, 4) is 22.5 Å². The monoisotopic (exact) mass is 590 g/mol. The Hall–Kier alpha value is -4.57. The molecule has 0 radical (unpaired) electrons. The quantitative estimate of drug-likeness (QED) is 0.235. The summed E-state index contributed by atoms with van der Waals surface area (Å²) >= 11 is 6.55. The largest absolute Gasteiger partial charge is 0.340 e. The molecule has 0 saturated heterocycles. The number of pyridine rings is 1. The Kier molecular flexibility index (Phi) is 9.69. The Labute approximate surface area is 248 Å². The van der Waals surface area contributed by atoms with Gasteiger partial charge in [0.2, 0.25) is 11.8 Å². The summed E-state index contributed by atoms with van der Waals surface area (Å²) in [6.07, 6.45) is 3.27. The van der Waals surface area contributed by atoms with Gasteiger partial charge in [0, 0.05) is 60.0 Å². The number of carbonyl (C=O) groups excluding carboxylic acids is 2. The summed E-state index contributed by atoms with van der Waals surface area (Å²) in [4.78, 5) is 38.5. The first-order chi connectivity index (χ1) is 20.1. The van der Waals surface area contributed by atoms with Crippen molar-refractivity contribution in [1.29, 1.82) is 0 Å². The molecule has 2 N–H and O–H groups in total. The number of hydrogen-bond acceptors (Lipinski definition) is 5. The molecule has 0 saturated carbocycles. The minimum absolute atomic E-state index is 0.0270. The first kappa shape index (κ1) is 30.4. The molecule has 1 atom stereocenters. The van der Waals surface area contributed by atoms with Crippen molar-refractivity contribution in [2.24, 2.45) is 7.05 Å². The highest BCUT2D eigenvalue weighted by atomic mass is 35.5. The van der Waals surface area contributed by atoms with Crippen LogP contribution in [0.1, 0.15) is 31.9 Å². The third kappa shape index (κ3) is 7.19. The molecule has 0 aliphatic heterocycles. The average Bonchev–Trinajstić information content (AvgIpc) is 3.40. The van der Waals surface area contributed by atoms with Crippen LogP contribution in [-0.2, 0) is 23.1 Å². The van der Waals surface area contributed by atoms with Crippen molar-refractivity contribution in [3.05, 3.63) is 100 Å². The molecule has 0 bridgehead atoms. The SMILES string of the molecule is C=C(CCF)C(=O)N[C@@H](Cc1cc(-c2ccc(=O)n(C(C)C)c2)ccc1Cl)C(=O)Nc1ccc(-c2nncn2C)cc1. The molecule has 2 aromatic carbocycles. The van der Waals surface area contributed by atoms with E-state index in [1.807, 2.05) is 33.0 Å². The van der Waals surface area contributed by atoms with Crippen molar-refractivity contribution < 1.29 is 14.0 Å². The van der Waals surface area contributed by atoms with Gasteiger partial charge in [-0.2, -0.15) is 0 Å².